The third-order valence-electron chi connectivity index (χ3n) is 4.92. The summed E-state index contributed by atoms with van der Waals surface area (Å²) in [5.74, 6) is 2.05. The van der Waals surface area contributed by atoms with Gasteiger partial charge in [0.05, 0.1) is 18.4 Å². The van der Waals surface area contributed by atoms with Crippen LogP contribution in [-0.4, -0.2) is 46.9 Å². The molecule has 1 aliphatic carbocycles. The van der Waals surface area contributed by atoms with Crippen LogP contribution in [0, 0.1) is 0 Å². The first kappa shape index (κ1) is 16.8. The molecule has 136 valence electrons. The van der Waals surface area contributed by atoms with Crippen LogP contribution in [0.15, 0.2) is 35.7 Å². The van der Waals surface area contributed by atoms with Crippen LogP contribution in [0.4, 0.5) is 11.5 Å². The Morgan fingerprint density at radius 3 is 2.77 bits per heavy atom. The average Bonchev–Trinajstić information content (AvgIpc) is 3.49. The first-order chi connectivity index (χ1) is 12.7. The fraction of sp³-hybridized carbons (Fsp3) is 0.421. The van der Waals surface area contributed by atoms with Crippen molar-refractivity contribution in [2.24, 2.45) is 4.99 Å². The number of hydrogen-bond acceptors (Lipinski definition) is 6. The highest BCUT2D eigenvalue weighted by molar-refractivity contribution is 6.04. The van der Waals surface area contributed by atoms with Crippen molar-refractivity contribution in [2.75, 3.05) is 37.6 Å². The summed E-state index contributed by atoms with van der Waals surface area (Å²) < 4.78 is 0. The van der Waals surface area contributed by atoms with Crippen LogP contribution in [0.1, 0.15) is 35.4 Å². The molecular weight excluding hydrogens is 326 g/mol. The molecule has 0 spiro atoms. The van der Waals surface area contributed by atoms with Gasteiger partial charge in [-0.3, -0.25) is 9.98 Å². The molecule has 0 aromatic carbocycles. The van der Waals surface area contributed by atoms with Crippen molar-refractivity contribution in [1.82, 2.24) is 20.2 Å². The van der Waals surface area contributed by atoms with E-state index in [0.29, 0.717) is 24.0 Å². The molecular formula is C19H25N7. The standard InChI is InChI=1S/C19H25N7/c20-16-12-23-11-15(14-1-2-14)18(16)19(26-7-5-22-6-8-26)25-10-13-3-4-24-17(21)9-13/h3-4,9,11-12,14,22H,1-2,5-8,10,20H2,(H2,21,24). The van der Waals surface area contributed by atoms with Gasteiger partial charge < -0.3 is 21.7 Å². The second-order valence-electron chi connectivity index (χ2n) is 6.93. The van der Waals surface area contributed by atoms with Crippen molar-refractivity contribution in [3.05, 3.63) is 47.4 Å². The van der Waals surface area contributed by atoms with Crippen molar-refractivity contribution in [2.45, 2.75) is 25.3 Å². The van der Waals surface area contributed by atoms with Crippen LogP contribution in [0.25, 0.3) is 0 Å². The van der Waals surface area contributed by atoms with Crippen molar-refractivity contribution in [3.63, 3.8) is 0 Å². The van der Waals surface area contributed by atoms with Gasteiger partial charge in [0.2, 0.25) is 0 Å². The van der Waals surface area contributed by atoms with Gasteiger partial charge in [-0.05, 0) is 42.0 Å². The topological polar surface area (TPSA) is 105 Å². The fourth-order valence-electron chi connectivity index (χ4n) is 3.43. The monoisotopic (exact) mass is 351 g/mol. The van der Waals surface area contributed by atoms with Crippen LogP contribution >= 0.6 is 0 Å². The zero-order chi connectivity index (χ0) is 17.9. The molecule has 2 aromatic heterocycles. The number of nitrogen functional groups attached to an aromatic ring is 2. The van der Waals surface area contributed by atoms with Crippen LogP contribution in [0.5, 0.6) is 0 Å². The lowest BCUT2D eigenvalue weighted by Gasteiger charge is -2.32. The quantitative estimate of drug-likeness (QED) is 0.567. The Labute approximate surface area is 153 Å². The number of amidine groups is 1. The second kappa shape index (κ2) is 7.29. The van der Waals surface area contributed by atoms with Gasteiger partial charge in [0.25, 0.3) is 0 Å². The fourth-order valence-corrected chi connectivity index (χ4v) is 3.43. The number of pyridine rings is 2. The van der Waals surface area contributed by atoms with Gasteiger partial charge >= 0.3 is 0 Å². The Morgan fingerprint density at radius 1 is 1.23 bits per heavy atom. The van der Waals surface area contributed by atoms with E-state index in [1.165, 1.54) is 18.4 Å². The van der Waals surface area contributed by atoms with E-state index in [0.717, 1.165) is 43.1 Å². The zero-order valence-corrected chi connectivity index (χ0v) is 14.9. The molecule has 3 heterocycles. The van der Waals surface area contributed by atoms with Gasteiger partial charge in [-0.2, -0.15) is 0 Å². The number of piperazine rings is 1. The first-order valence-electron chi connectivity index (χ1n) is 9.16. The summed E-state index contributed by atoms with van der Waals surface area (Å²) >= 11 is 0. The maximum Gasteiger partial charge on any atom is 0.133 e. The number of aliphatic imine (C=N–C) groups is 1. The van der Waals surface area contributed by atoms with Crippen LogP contribution < -0.4 is 16.8 Å². The molecule has 2 fully saturated rings. The third kappa shape index (κ3) is 3.62. The highest BCUT2D eigenvalue weighted by Gasteiger charge is 2.30. The van der Waals surface area contributed by atoms with Crippen molar-refractivity contribution in [1.29, 1.82) is 0 Å². The summed E-state index contributed by atoms with van der Waals surface area (Å²) in [6.45, 7) is 4.29. The summed E-state index contributed by atoms with van der Waals surface area (Å²) in [7, 11) is 0. The molecule has 26 heavy (non-hydrogen) atoms. The Morgan fingerprint density at radius 2 is 2.04 bits per heavy atom. The lowest BCUT2D eigenvalue weighted by atomic mass is 10.0. The van der Waals surface area contributed by atoms with Gasteiger partial charge in [0.1, 0.15) is 11.7 Å². The molecule has 1 aliphatic heterocycles. The van der Waals surface area contributed by atoms with Crippen molar-refractivity contribution in [3.8, 4) is 0 Å². The van der Waals surface area contributed by atoms with Crippen molar-refractivity contribution < 1.29 is 0 Å². The molecule has 7 heteroatoms. The minimum Gasteiger partial charge on any atom is -0.397 e. The molecule has 2 aliphatic rings. The number of hydrogen-bond donors (Lipinski definition) is 3. The van der Waals surface area contributed by atoms with Crippen LogP contribution in [0.2, 0.25) is 0 Å². The highest BCUT2D eigenvalue weighted by atomic mass is 15.2. The van der Waals surface area contributed by atoms with Gasteiger partial charge in [-0.15, -0.1) is 0 Å². The largest absolute Gasteiger partial charge is 0.397 e. The van der Waals surface area contributed by atoms with Gasteiger partial charge in [-0.1, -0.05) is 0 Å². The predicted molar refractivity (Wildman–Crippen MR) is 104 cm³/mol. The molecule has 0 unspecified atom stereocenters. The molecule has 2 aromatic rings. The maximum absolute atomic E-state index is 6.37. The van der Waals surface area contributed by atoms with E-state index < -0.39 is 0 Å². The first-order valence-corrected chi connectivity index (χ1v) is 9.16. The molecule has 0 amide bonds. The molecule has 0 radical (unpaired) electrons. The van der Waals surface area contributed by atoms with Gasteiger partial charge in [-0.25, -0.2) is 4.98 Å². The highest BCUT2D eigenvalue weighted by Crippen LogP contribution is 2.42. The lowest BCUT2D eigenvalue weighted by molar-refractivity contribution is 0.357. The predicted octanol–water partition coefficient (Wildman–Crippen LogP) is 1.37. The maximum atomic E-state index is 6.37. The number of anilines is 2. The van der Waals surface area contributed by atoms with Crippen molar-refractivity contribution >= 4 is 17.3 Å². The van der Waals surface area contributed by atoms with Gasteiger partial charge in [0.15, 0.2) is 0 Å². The number of nitrogens with two attached hydrogens (primary N) is 2. The number of rotatable bonds is 4. The van der Waals surface area contributed by atoms with E-state index in [2.05, 4.69) is 20.2 Å². The van der Waals surface area contributed by atoms with E-state index in [1.54, 1.807) is 12.4 Å². The van der Waals surface area contributed by atoms with E-state index in [4.69, 9.17) is 16.5 Å². The normalized spacial score (nSPS) is 18.2. The summed E-state index contributed by atoms with van der Waals surface area (Å²) in [6.07, 6.45) is 7.83. The summed E-state index contributed by atoms with van der Waals surface area (Å²) in [4.78, 5) is 15.7. The molecule has 0 bridgehead atoms. The number of nitrogens with zero attached hydrogens (tertiary/aromatic N) is 4. The summed E-state index contributed by atoms with van der Waals surface area (Å²) in [6, 6.07) is 3.82. The van der Waals surface area contributed by atoms with Crippen LogP contribution in [0.3, 0.4) is 0 Å². The molecule has 7 nitrogen and oxygen atoms in total. The van der Waals surface area contributed by atoms with E-state index in [9.17, 15) is 0 Å². The Kier molecular flexibility index (Phi) is 4.71. The smallest absolute Gasteiger partial charge is 0.133 e. The van der Waals surface area contributed by atoms with Crippen LogP contribution in [-0.2, 0) is 6.54 Å². The average molecular weight is 351 g/mol. The molecule has 5 N–H and O–H groups in total. The summed E-state index contributed by atoms with van der Waals surface area (Å²) in [5.41, 5.74) is 16.2. The molecule has 1 saturated heterocycles. The third-order valence-corrected chi connectivity index (χ3v) is 4.92. The lowest BCUT2D eigenvalue weighted by Crippen LogP contribution is -2.47. The van der Waals surface area contributed by atoms with E-state index in [-0.39, 0.29) is 0 Å². The molecule has 1 saturated carbocycles. The number of aromatic nitrogens is 2. The van der Waals surface area contributed by atoms with E-state index in [1.807, 2.05) is 18.3 Å². The Balaban J connectivity index is 1.72. The zero-order valence-electron chi connectivity index (χ0n) is 14.9. The Bertz CT molecular complexity index is 807. The Hall–Kier alpha value is -2.67. The minimum atomic E-state index is 0.517. The molecule has 4 rings (SSSR count). The molecule has 0 atom stereocenters. The van der Waals surface area contributed by atoms with Gasteiger partial charge in [0, 0.05) is 44.1 Å². The van der Waals surface area contributed by atoms with E-state index >= 15 is 0 Å². The second-order valence-corrected chi connectivity index (χ2v) is 6.93. The minimum absolute atomic E-state index is 0.517. The summed E-state index contributed by atoms with van der Waals surface area (Å²) in [5, 5.41) is 3.40. The SMILES string of the molecule is Nc1cc(CN=C(c2c(N)cncc2C2CC2)N2CCNCC2)ccn1. The number of nitrogens with one attached hydrogen (secondary N) is 1.